The molecule has 20 heavy (non-hydrogen) atoms. The van der Waals surface area contributed by atoms with Gasteiger partial charge in [-0.2, -0.15) is 0 Å². The third-order valence-corrected chi connectivity index (χ3v) is 4.22. The number of carbonyl (C=O) groups excluding carboxylic acids is 1. The van der Waals surface area contributed by atoms with E-state index in [-0.39, 0.29) is 21.3 Å². The molecule has 2 aromatic rings. The van der Waals surface area contributed by atoms with E-state index in [0.717, 1.165) is 6.26 Å². The minimum atomic E-state index is -3.35. The van der Waals surface area contributed by atoms with Crippen LogP contribution in [0.25, 0.3) is 0 Å². The van der Waals surface area contributed by atoms with Crippen molar-refractivity contribution in [2.45, 2.75) is 4.90 Å². The molecule has 2 aromatic carbocycles. The Bertz CT molecular complexity index is 785. The number of rotatable bonds is 3. The smallest absolute Gasteiger partial charge is 0.193 e. The molecule has 0 saturated heterocycles. The van der Waals surface area contributed by atoms with Crippen LogP contribution in [0.15, 0.2) is 47.4 Å². The molecular formula is C14H12ClNO3S. The van der Waals surface area contributed by atoms with Gasteiger partial charge in [0.2, 0.25) is 0 Å². The number of hydrogen-bond acceptors (Lipinski definition) is 4. The predicted octanol–water partition coefficient (Wildman–Crippen LogP) is 2.56. The molecule has 0 atom stereocenters. The van der Waals surface area contributed by atoms with Crippen LogP contribution < -0.4 is 5.73 Å². The Morgan fingerprint density at radius 3 is 2.35 bits per heavy atom. The maximum Gasteiger partial charge on any atom is 0.193 e. The number of nitrogen functional groups attached to an aromatic ring is 1. The zero-order chi connectivity index (χ0) is 14.9. The Balaban J connectivity index is 2.46. The quantitative estimate of drug-likeness (QED) is 0.698. The largest absolute Gasteiger partial charge is 0.398 e. The van der Waals surface area contributed by atoms with E-state index in [2.05, 4.69) is 0 Å². The fraction of sp³-hybridized carbons (Fsp3) is 0.0714. The van der Waals surface area contributed by atoms with Gasteiger partial charge in [-0.1, -0.05) is 23.7 Å². The highest BCUT2D eigenvalue weighted by atomic mass is 35.5. The van der Waals surface area contributed by atoms with E-state index in [1.807, 2.05) is 0 Å². The highest BCUT2D eigenvalue weighted by Crippen LogP contribution is 2.22. The number of halogens is 1. The first-order valence-electron chi connectivity index (χ1n) is 5.69. The molecule has 0 aromatic heterocycles. The first-order valence-corrected chi connectivity index (χ1v) is 7.96. The Labute approximate surface area is 122 Å². The molecule has 2 N–H and O–H groups in total. The van der Waals surface area contributed by atoms with E-state index in [9.17, 15) is 13.2 Å². The molecule has 6 heteroatoms. The van der Waals surface area contributed by atoms with Gasteiger partial charge >= 0.3 is 0 Å². The summed E-state index contributed by atoms with van der Waals surface area (Å²) in [7, 11) is -3.35. The Hall–Kier alpha value is -1.85. The van der Waals surface area contributed by atoms with Crippen molar-refractivity contribution in [1.82, 2.24) is 0 Å². The summed E-state index contributed by atoms with van der Waals surface area (Å²) in [4.78, 5) is 12.4. The molecule has 0 bridgehead atoms. The number of nitrogens with two attached hydrogens (primary N) is 1. The summed E-state index contributed by atoms with van der Waals surface area (Å²) in [6.45, 7) is 0. The lowest BCUT2D eigenvalue weighted by Gasteiger charge is -2.05. The third kappa shape index (κ3) is 3.00. The van der Waals surface area contributed by atoms with Gasteiger partial charge in [0.15, 0.2) is 15.6 Å². The molecule has 104 valence electrons. The maximum absolute atomic E-state index is 12.3. The van der Waals surface area contributed by atoms with Crippen molar-refractivity contribution in [2.24, 2.45) is 0 Å². The highest BCUT2D eigenvalue weighted by molar-refractivity contribution is 7.90. The zero-order valence-corrected chi connectivity index (χ0v) is 12.2. The second-order valence-corrected chi connectivity index (χ2v) is 6.79. The third-order valence-electron chi connectivity index (χ3n) is 2.79. The number of sulfone groups is 1. The van der Waals surface area contributed by atoms with E-state index in [0.29, 0.717) is 11.3 Å². The zero-order valence-electron chi connectivity index (χ0n) is 10.6. The molecule has 4 nitrogen and oxygen atoms in total. The molecule has 0 aliphatic carbocycles. The van der Waals surface area contributed by atoms with E-state index in [1.165, 1.54) is 30.3 Å². The van der Waals surface area contributed by atoms with Gasteiger partial charge < -0.3 is 5.73 Å². The first-order chi connectivity index (χ1) is 9.29. The predicted molar refractivity (Wildman–Crippen MR) is 78.8 cm³/mol. The van der Waals surface area contributed by atoms with Gasteiger partial charge in [0.05, 0.1) is 15.6 Å². The van der Waals surface area contributed by atoms with Gasteiger partial charge in [-0.15, -0.1) is 0 Å². The molecule has 0 radical (unpaired) electrons. The van der Waals surface area contributed by atoms with Crippen LogP contribution in [-0.4, -0.2) is 20.5 Å². The molecule has 0 fully saturated rings. The van der Waals surface area contributed by atoms with Gasteiger partial charge in [-0.25, -0.2) is 8.42 Å². The van der Waals surface area contributed by atoms with Crippen LogP contribution in [0.4, 0.5) is 5.69 Å². The van der Waals surface area contributed by atoms with Crippen LogP contribution in [0.1, 0.15) is 15.9 Å². The number of ketones is 1. The summed E-state index contributed by atoms with van der Waals surface area (Å²) >= 11 is 5.88. The molecule has 0 heterocycles. The topological polar surface area (TPSA) is 77.2 Å². The van der Waals surface area contributed by atoms with Crippen molar-refractivity contribution in [3.05, 3.63) is 58.6 Å². The number of hydrogen-bond donors (Lipinski definition) is 1. The minimum Gasteiger partial charge on any atom is -0.398 e. The number of anilines is 1. The molecule has 0 saturated carbocycles. The van der Waals surface area contributed by atoms with Crippen molar-refractivity contribution in [3.63, 3.8) is 0 Å². The van der Waals surface area contributed by atoms with E-state index < -0.39 is 9.84 Å². The standard InChI is InChI=1S/C14H12ClNO3S/c1-20(18,19)11-4-2-3-9(7-11)14(17)10-5-6-13(16)12(15)8-10/h2-8H,16H2,1H3. The van der Waals surface area contributed by atoms with Crippen LogP contribution in [0, 0.1) is 0 Å². The first kappa shape index (κ1) is 14.6. The molecular weight excluding hydrogens is 298 g/mol. The summed E-state index contributed by atoms with van der Waals surface area (Å²) in [6, 6.07) is 10.4. The van der Waals surface area contributed by atoms with E-state index in [1.54, 1.807) is 12.1 Å². The number of carbonyl (C=O) groups is 1. The summed E-state index contributed by atoms with van der Waals surface area (Å²) in [5, 5.41) is 0.287. The average molecular weight is 310 g/mol. The van der Waals surface area contributed by atoms with Crippen LogP contribution in [-0.2, 0) is 9.84 Å². The average Bonchev–Trinajstić information content (AvgIpc) is 2.40. The van der Waals surface area contributed by atoms with Gasteiger partial charge in [0.1, 0.15) is 0 Å². The summed E-state index contributed by atoms with van der Waals surface area (Å²) in [5.74, 6) is -0.308. The van der Waals surface area contributed by atoms with Gasteiger partial charge in [-0.3, -0.25) is 4.79 Å². The molecule has 0 spiro atoms. The molecule has 0 aliphatic heterocycles. The molecule has 0 aliphatic rings. The van der Waals surface area contributed by atoms with Crippen molar-refractivity contribution >= 4 is 32.9 Å². The summed E-state index contributed by atoms with van der Waals surface area (Å²) in [5.41, 5.74) is 6.61. The molecule has 0 unspecified atom stereocenters. The van der Waals surface area contributed by atoms with Crippen molar-refractivity contribution in [2.75, 3.05) is 12.0 Å². The van der Waals surface area contributed by atoms with Crippen LogP contribution in [0.2, 0.25) is 5.02 Å². The number of benzene rings is 2. The van der Waals surface area contributed by atoms with Crippen molar-refractivity contribution in [3.8, 4) is 0 Å². The maximum atomic E-state index is 12.3. The van der Waals surface area contributed by atoms with E-state index >= 15 is 0 Å². The van der Waals surface area contributed by atoms with Crippen molar-refractivity contribution in [1.29, 1.82) is 0 Å². The summed E-state index contributed by atoms with van der Waals surface area (Å²) < 4.78 is 23.0. The van der Waals surface area contributed by atoms with Gasteiger partial charge in [-0.05, 0) is 30.3 Å². The Kier molecular flexibility index (Phi) is 3.83. The normalized spacial score (nSPS) is 11.3. The van der Waals surface area contributed by atoms with Crippen molar-refractivity contribution < 1.29 is 13.2 Å². The van der Waals surface area contributed by atoms with Crippen LogP contribution in [0.3, 0.4) is 0 Å². The monoisotopic (exact) mass is 309 g/mol. The van der Waals surface area contributed by atoms with Gasteiger partial charge in [0, 0.05) is 17.4 Å². The highest BCUT2D eigenvalue weighted by Gasteiger charge is 2.14. The fourth-order valence-corrected chi connectivity index (χ4v) is 2.55. The molecule has 2 rings (SSSR count). The molecule has 0 amide bonds. The SMILES string of the molecule is CS(=O)(=O)c1cccc(C(=O)c2ccc(N)c(Cl)c2)c1. The van der Waals surface area contributed by atoms with Crippen LogP contribution in [0.5, 0.6) is 0 Å². The summed E-state index contributed by atoms with van der Waals surface area (Å²) in [6.07, 6.45) is 1.09. The van der Waals surface area contributed by atoms with E-state index in [4.69, 9.17) is 17.3 Å². The fourth-order valence-electron chi connectivity index (χ4n) is 1.70. The Morgan fingerprint density at radius 2 is 1.75 bits per heavy atom. The minimum absolute atomic E-state index is 0.102. The second kappa shape index (κ2) is 5.26. The lowest BCUT2D eigenvalue weighted by Crippen LogP contribution is -2.04. The lowest BCUT2D eigenvalue weighted by molar-refractivity contribution is 0.103. The Morgan fingerprint density at radius 1 is 1.10 bits per heavy atom. The second-order valence-electron chi connectivity index (χ2n) is 4.37. The lowest BCUT2D eigenvalue weighted by atomic mass is 10.0. The van der Waals surface area contributed by atoms with Gasteiger partial charge in [0.25, 0.3) is 0 Å². The van der Waals surface area contributed by atoms with Crippen LogP contribution >= 0.6 is 11.6 Å².